The molecule has 3 aromatic rings. The summed E-state index contributed by atoms with van der Waals surface area (Å²) in [4.78, 5) is 38.2. The molecule has 0 saturated carbocycles. The van der Waals surface area contributed by atoms with Crippen molar-refractivity contribution in [3.05, 3.63) is 81.5 Å². The molecule has 0 saturated heterocycles. The molecule has 2 heterocycles. The van der Waals surface area contributed by atoms with Crippen LogP contribution in [0.25, 0.3) is 0 Å². The van der Waals surface area contributed by atoms with E-state index >= 15 is 0 Å². The average molecular weight is 485 g/mol. The molecular formula is C24H22Cl2N4O3. The number of benzene rings is 2. The molecule has 0 bridgehead atoms. The maximum atomic E-state index is 12.4. The molecule has 7 nitrogen and oxygen atoms in total. The zero-order valence-electron chi connectivity index (χ0n) is 17.8. The van der Waals surface area contributed by atoms with Crippen LogP contribution in [0, 0.1) is 0 Å². The van der Waals surface area contributed by atoms with E-state index in [0.29, 0.717) is 59.3 Å². The lowest BCUT2D eigenvalue weighted by Gasteiger charge is -2.13. The Kier molecular flexibility index (Phi) is 7.11. The smallest absolute Gasteiger partial charge is 0.261 e. The number of nitrogens with zero attached hydrogens (tertiary/aromatic N) is 3. The van der Waals surface area contributed by atoms with Crippen molar-refractivity contribution in [2.45, 2.75) is 32.2 Å². The number of carbonyl (C=O) groups excluding carboxylic acids is 3. The van der Waals surface area contributed by atoms with Gasteiger partial charge in [0.1, 0.15) is 0 Å². The second-order valence-electron chi connectivity index (χ2n) is 7.80. The summed E-state index contributed by atoms with van der Waals surface area (Å²) in [5.41, 5.74) is 1.79. The van der Waals surface area contributed by atoms with E-state index in [1.165, 1.54) is 4.90 Å². The van der Waals surface area contributed by atoms with Gasteiger partial charge in [0.2, 0.25) is 5.91 Å². The lowest BCUT2D eigenvalue weighted by molar-refractivity contribution is -0.116. The lowest BCUT2D eigenvalue weighted by Crippen LogP contribution is -2.30. The Labute approximate surface area is 201 Å². The van der Waals surface area contributed by atoms with Crippen LogP contribution in [0.5, 0.6) is 0 Å². The van der Waals surface area contributed by atoms with Gasteiger partial charge in [-0.3, -0.25) is 24.0 Å². The first kappa shape index (κ1) is 23.0. The summed E-state index contributed by atoms with van der Waals surface area (Å²) < 4.78 is 1.69. The molecule has 4 rings (SSSR count). The zero-order valence-corrected chi connectivity index (χ0v) is 19.3. The van der Waals surface area contributed by atoms with Crippen LogP contribution in [0.15, 0.2) is 54.7 Å². The minimum atomic E-state index is -0.246. The van der Waals surface area contributed by atoms with Gasteiger partial charge in [-0.2, -0.15) is 5.10 Å². The van der Waals surface area contributed by atoms with Gasteiger partial charge >= 0.3 is 0 Å². The molecule has 0 fully saturated rings. The van der Waals surface area contributed by atoms with Gasteiger partial charge in [-0.25, -0.2) is 0 Å². The standard InChI is InChI=1S/C24H22Cl2N4O3/c25-17-10-9-16(20(26)14-17)15-29-13-11-21(28-29)27-22(31)8-2-1-5-12-30-23(32)18-6-3-4-7-19(18)24(30)33/h3-4,6-7,9-11,13-14H,1-2,5,8,12,15H2,(H,27,28,31). The lowest BCUT2D eigenvalue weighted by atomic mass is 10.1. The molecule has 1 aliphatic rings. The Morgan fingerprint density at radius 2 is 1.67 bits per heavy atom. The van der Waals surface area contributed by atoms with Gasteiger partial charge < -0.3 is 5.32 Å². The van der Waals surface area contributed by atoms with Gasteiger partial charge in [0, 0.05) is 35.3 Å². The first-order chi connectivity index (χ1) is 15.9. The maximum Gasteiger partial charge on any atom is 0.261 e. The van der Waals surface area contributed by atoms with Crippen LogP contribution in [0.3, 0.4) is 0 Å². The fourth-order valence-electron chi connectivity index (χ4n) is 3.72. The fraction of sp³-hybridized carbons (Fsp3) is 0.250. The summed E-state index contributed by atoms with van der Waals surface area (Å²) in [6.45, 7) is 0.815. The highest BCUT2D eigenvalue weighted by molar-refractivity contribution is 6.35. The van der Waals surface area contributed by atoms with Crippen LogP contribution in [0.2, 0.25) is 10.0 Å². The van der Waals surface area contributed by atoms with Crippen molar-refractivity contribution in [2.24, 2.45) is 0 Å². The van der Waals surface area contributed by atoms with E-state index in [0.717, 1.165) is 12.0 Å². The number of amides is 3. The molecule has 1 aliphatic heterocycles. The SMILES string of the molecule is O=C(CCCCCN1C(=O)c2ccccc2C1=O)Nc1ccn(Cc2ccc(Cl)cc2Cl)n1. The number of unbranched alkanes of at least 4 members (excludes halogenated alkanes) is 2. The van der Waals surface area contributed by atoms with Crippen LogP contribution in [-0.2, 0) is 11.3 Å². The molecule has 1 N–H and O–H groups in total. The van der Waals surface area contributed by atoms with E-state index in [9.17, 15) is 14.4 Å². The van der Waals surface area contributed by atoms with Crippen LogP contribution in [-0.4, -0.2) is 38.9 Å². The van der Waals surface area contributed by atoms with Crippen LogP contribution in [0.1, 0.15) is 52.0 Å². The van der Waals surface area contributed by atoms with Crippen LogP contribution in [0.4, 0.5) is 5.82 Å². The third-order valence-electron chi connectivity index (χ3n) is 5.42. The number of hydrogen-bond acceptors (Lipinski definition) is 4. The number of aromatic nitrogens is 2. The normalized spacial score (nSPS) is 12.8. The predicted octanol–water partition coefficient (Wildman–Crippen LogP) is 5.03. The molecule has 0 spiro atoms. The van der Waals surface area contributed by atoms with Crippen LogP contribution < -0.4 is 5.32 Å². The molecule has 1 aromatic heterocycles. The Morgan fingerprint density at radius 3 is 2.36 bits per heavy atom. The quantitative estimate of drug-likeness (QED) is 0.340. The van der Waals surface area contributed by atoms with E-state index in [4.69, 9.17) is 23.2 Å². The Bertz CT molecular complexity index is 1170. The number of halogens is 2. The van der Waals surface area contributed by atoms with Crippen LogP contribution >= 0.6 is 23.2 Å². The van der Waals surface area contributed by atoms with E-state index < -0.39 is 0 Å². The summed E-state index contributed by atoms with van der Waals surface area (Å²) in [5.74, 6) is -0.158. The number of carbonyl (C=O) groups is 3. The minimum absolute atomic E-state index is 0.134. The molecule has 0 radical (unpaired) electrons. The topological polar surface area (TPSA) is 84.3 Å². The van der Waals surface area contributed by atoms with Crippen molar-refractivity contribution in [2.75, 3.05) is 11.9 Å². The highest BCUT2D eigenvalue weighted by atomic mass is 35.5. The third kappa shape index (κ3) is 5.43. The second kappa shape index (κ2) is 10.2. The summed E-state index contributed by atoms with van der Waals surface area (Å²) in [5, 5.41) is 8.27. The number of nitrogens with one attached hydrogen (secondary N) is 1. The Balaban J connectivity index is 1.18. The van der Waals surface area contributed by atoms with Crippen molar-refractivity contribution in [1.29, 1.82) is 0 Å². The van der Waals surface area contributed by atoms with Crippen molar-refractivity contribution in [1.82, 2.24) is 14.7 Å². The summed E-state index contributed by atoms with van der Waals surface area (Å²) in [7, 11) is 0. The first-order valence-electron chi connectivity index (χ1n) is 10.6. The summed E-state index contributed by atoms with van der Waals surface area (Å²) in [6, 6.07) is 13.9. The van der Waals surface area contributed by atoms with E-state index in [1.807, 2.05) is 6.07 Å². The molecular weight excluding hydrogens is 463 g/mol. The highest BCUT2D eigenvalue weighted by Crippen LogP contribution is 2.23. The van der Waals surface area contributed by atoms with E-state index in [-0.39, 0.29) is 17.7 Å². The summed E-state index contributed by atoms with van der Waals surface area (Å²) >= 11 is 12.1. The number of rotatable bonds is 9. The Hall–Kier alpha value is -3.16. The number of imide groups is 1. The molecule has 9 heteroatoms. The van der Waals surface area contributed by atoms with E-state index in [2.05, 4.69) is 10.4 Å². The van der Waals surface area contributed by atoms with Gasteiger partial charge in [-0.05, 0) is 42.7 Å². The molecule has 2 aromatic carbocycles. The molecule has 170 valence electrons. The van der Waals surface area contributed by atoms with Gasteiger partial charge in [0.15, 0.2) is 5.82 Å². The highest BCUT2D eigenvalue weighted by Gasteiger charge is 2.34. The molecule has 0 atom stereocenters. The summed E-state index contributed by atoms with van der Waals surface area (Å²) in [6.07, 6.45) is 4.12. The molecule has 33 heavy (non-hydrogen) atoms. The molecule has 3 amide bonds. The average Bonchev–Trinajstić information content (AvgIpc) is 3.33. The Morgan fingerprint density at radius 1 is 0.939 bits per heavy atom. The predicted molar refractivity (Wildman–Crippen MR) is 127 cm³/mol. The van der Waals surface area contributed by atoms with Gasteiger partial charge in [-0.15, -0.1) is 0 Å². The van der Waals surface area contributed by atoms with Gasteiger partial charge in [-0.1, -0.05) is 47.8 Å². The number of fused-ring (bicyclic) bond motifs is 1. The first-order valence-corrected chi connectivity index (χ1v) is 11.4. The van der Waals surface area contributed by atoms with Crippen molar-refractivity contribution < 1.29 is 14.4 Å². The largest absolute Gasteiger partial charge is 0.309 e. The van der Waals surface area contributed by atoms with Gasteiger partial charge in [0.05, 0.1) is 17.7 Å². The monoisotopic (exact) mass is 484 g/mol. The molecule has 0 aliphatic carbocycles. The third-order valence-corrected chi connectivity index (χ3v) is 6.01. The van der Waals surface area contributed by atoms with Crippen molar-refractivity contribution in [3.63, 3.8) is 0 Å². The minimum Gasteiger partial charge on any atom is -0.309 e. The van der Waals surface area contributed by atoms with Crippen molar-refractivity contribution in [3.8, 4) is 0 Å². The van der Waals surface area contributed by atoms with Crippen molar-refractivity contribution >= 4 is 46.7 Å². The molecule has 0 unspecified atom stereocenters. The number of hydrogen-bond donors (Lipinski definition) is 1. The zero-order chi connectivity index (χ0) is 23.4. The fourth-order valence-corrected chi connectivity index (χ4v) is 4.19. The van der Waals surface area contributed by atoms with E-state index in [1.54, 1.807) is 53.3 Å². The van der Waals surface area contributed by atoms with Gasteiger partial charge in [0.25, 0.3) is 11.8 Å². The second-order valence-corrected chi connectivity index (χ2v) is 8.64. The number of anilines is 1. The maximum absolute atomic E-state index is 12.4.